The van der Waals surface area contributed by atoms with Gasteiger partial charge < -0.3 is 10.1 Å². The highest BCUT2D eigenvalue weighted by Gasteiger charge is 2.13. The standard InChI is InChI=1S/C18H15ClFN3O2/c1-25-14-8-6-12(7-9-14)18(24)21-17-15(19)11-23(22-17)10-13-4-2-3-5-16(13)20/h2-9,11H,10H2,1H3,(H,21,22,24). The number of halogens is 2. The quantitative estimate of drug-likeness (QED) is 0.749. The van der Waals surface area contributed by atoms with Crippen molar-refractivity contribution in [3.05, 3.63) is 76.7 Å². The number of rotatable bonds is 5. The number of carbonyl (C=O) groups excluding carboxylic acids is 1. The van der Waals surface area contributed by atoms with Gasteiger partial charge in [0, 0.05) is 17.3 Å². The minimum Gasteiger partial charge on any atom is -0.497 e. The van der Waals surface area contributed by atoms with Crippen LogP contribution in [0.2, 0.25) is 5.02 Å². The number of carbonyl (C=O) groups is 1. The van der Waals surface area contributed by atoms with E-state index in [4.69, 9.17) is 16.3 Å². The number of nitrogens with zero attached hydrogens (tertiary/aromatic N) is 2. The Balaban J connectivity index is 1.73. The smallest absolute Gasteiger partial charge is 0.256 e. The van der Waals surface area contributed by atoms with E-state index in [0.717, 1.165) is 0 Å². The molecule has 1 amide bonds. The molecule has 1 heterocycles. The summed E-state index contributed by atoms with van der Waals surface area (Å²) < 4.78 is 20.3. The van der Waals surface area contributed by atoms with Crippen LogP contribution < -0.4 is 10.1 Å². The molecule has 0 aliphatic heterocycles. The molecule has 0 radical (unpaired) electrons. The molecule has 0 aliphatic carbocycles. The Hall–Kier alpha value is -2.86. The average molecular weight is 360 g/mol. The number of benzene rings is 2. The third-order valence-corrected chi connectivity index (χ3v) is 3.87. The second kappa shape index (κ2) is 7.36. The van der Waals surface area contributed by atoms with Crippen LogP contribution in [0.15, 0.2) is 54.7 Å². The molecule has 3 rings (SSSR count). The number of anilines is 1. The van der Waals surface area contributed by atoms with Crippen LogP contribution >= 0.6 is 11.6 Å². The summed E-state index contributed by atoms with van der Waals surface area (Å²) in [5.41, 5.74) is 0.926. The molecule has 3 aromatic rings. The van der Waals surface area contributed by atoms with Crippen molar-refractivity contribution in [2.75, 3.05) is 12.4 Å². The highest BCUT2D eigenvalue weighted by Crippen LogP contribution is 2.21. The Bertz CT molecular complexity index is 894. The maximum atomic E-state index is 13.7. The van der Waals surface area contributed by atoms with Crippen molar-refractivity contribution in [2.45, 2.75) is 6.54 Å². The number of aromatic nitrogens is 2. The van der Waals surface area contributed by atoms with E-state index in [9.17, 15) is 9.18 Å². The summed E-state index contributed by atoms with van der Waals surface area (Å²) in [6.07, 6.45) is 1.54. The van der Waals surface area contributed by atoms with E-state index in [-0.39, 0.29) is 29.1 Å². The lowest BCUT2D eigenvalue weighted by molar-refractivity contribution is 0.102. The molecular weight excluding hydrogens is 345 g/mol. The van der Waals surface area contributed by atoms with Crippen molar-refractivity contribution in [3.63, 3.8) is 0 Å². The predicted octanol–water partition coefficient (Wildman–Crippen LogP) is 3.98. The third kappa shape index (κ3) is 3.97. The van der Waals surface area contributed by atoms with Crippen LogP contribution in [0.3, 0.4) is 0 Å². The van der Waals surface area contributed by atoms with Crippen molar-refractivity contribution in [1.29, 1.82) is 0 Å². The van der Waals surface area contributed by atoms with Crippen molar-refractivity contribution >= 4 is 23.3 Å². The molecule has 0 unspecified atom stereocenters. The van der Waals surface area contributed by atoms with Crippen LogP contribution in [0.4, 0.5) is 10.2 Å². The van der Waals surface area contributed by atoms with E-state index < -0.39 is 0 Å². The Morgan fingerprint density at radius 1 is 1.24 bits per heavy atom. The van der Waals surface area contributed by atoms with Crippen molar-refractivity contribution in [3.8, 4) is 5.75 Å². The number of methoxy groups -OCH3 is 1. The summed E-state index contributed by atoms with van der Waals surface area (Å²) in [7, 11) is 1.55. The van der Waals surface area contributed by atoms with Gasteiger partial charge in [-0.25, -0.2) is 4.39 Å². The van der Waals surface area contributed by atoms with Gasteiger partial charge in [0.05, 0.1) is 13.7 Å². The molecule has 0 aliphatic rings. The summed E-state index contributed by atoms with van der Waals surface area (Å²) in [6, 6.07) is 13.1. The number of ether oxygens (including phenoxy) is 1. The Morgan fingerprint density at radius 3 is 2.64 bits per heavy atom. The van der Waals surface area contributed by atoms with Crippen molar-refractivity contribution in [2.24, 2.45) is 0 Å². The molecule has 128 valence electrons. The Labute approximate surface area is 149 Å². The van der Waals surface area contributed by atoms with Crippen LogP contribution in [0.5, 0.6) is 5.75 Å². The first-order valence-electron chi connectivity index (χ1n) is 7.48. The molecule has 25 heavy (non-hydrogen) atoms. The van der Waals surface area contributed by atoms with Crippen LogP contribution in [-0.4, -0.2) is 22.8 Å². The van der Waals surface area contributed by atoms with Gasteiger partial charge in [0.25, 0.3) is 5.91 Å². The van der Waals surface area contributed by atoms with Gasteiger partial charge in [-0.05, 0) is 30.3 Å². The normalized spacial score (nSPS) is 10.5. The van der Waals surface area contributed by atoms with Crippen LogP contribution in [0, 0.1) is 5.82 Å². The number of hydrogen-bond acceptors (Lipinski definition) is 3. The molecule has 1 N–H and O–H groups in total. The second-order valence-electron chi connectivity index (χ2n) is 5.30. The first kappa shape index (κ1) is 17.0. The lowest BCUT2D eigenvalue weighted by atomic mass is 10.2. The van der Waals surface area contributed by atoms with E-state index >= 15 is 0 Å². The maximum Gasteiger partial charge on any atom is 0.256 e. The van der Waals surface area contributed by atoms with Crippen molar-refractivity contribution < 1.29 is 13.9 Å². The first-order chi connectivity index (χ1) is 12.1. The molecule has 0 atom stereocenters. The topological polar surface area (TPSA) is 56.1 Å². The molecule has 0 saturated heterocycles. The van der Waals surface area contributed by atoms with E-state index in [1.807, 2.05) is 0 Å². The highest BCUT2D eigenvalue weighted by atomic mass is 35.5. The predicted molar refractivity (Wildman–Crippen MR) is 93.7 cm³/mol. The van der Waals surface area contributed by atoms with Gasteiger partial charge in [-0.2, -0.15) is 5.10 Å². The first-order valence-corrected chi connectivity index (χ1v) is 7.86. The van der Waals surface area contributed by atoms with Gasteiger partial charge >= 0.3 is 0 Å². The molecule has 0 spiro atoms. The summed E-state index contributed by atoms with van der Waals surface area (Å²) >= 11 is 6.12. The zero-order valence-corrected chi connectivity index (χ0v) is 14.1. The molecule has 1 aromatic heterocycles. The summed E-state index contributed by atoms with van der Waals surface area (Å²) in [5.74, 6) is 0.209. The lowest BCUT2D eigenvalue weighted by Crippen LogP contribution is -2.13. The fraction of sp³-hybridized carbons (Fsp3) is 0.111. The third-order valence-electron chi connectivity index (χ3n) is 3.59. The largest absolute Gasteiger partial charge is 0.497 e. The number of nitrogens with one attached hydrogen (secondary N) is 1. The fourth-order valence-corrected chi connectivity index (χ4v) is 2.48. The molecule has 0 fully saturated rings. The molecule has 0 bridgehead atoms. The van der Waals surface area contributed by atoms with Gasteiger partial charge in [-0.1, -0.05) is 29.8 Å². The average Bonchev–Trinajstić information content (AvgIpc) is 2.96. The Kier molecular flexibility index (Phi) is 5.00. The zero-order chi connectivity index (χ0) is 17.8. The Morgan fingerprint density at radius 2 is 1.96 bits per heavy atom. The van der Waals surface area contributed by atoms with Crippen LogP contribution in [-0.2, 0) is 6.54 Å². The van der Waals surface area contributed by atoms with Crippen LogP contribution in [0.25, 0.3) is 0 Å². The van der Waals surface area contributed by atoms with E-state index in [1.165, 1.54) is 16.9 Å². The molecule has 5 nitrogen and oxygen atoms in total. The summed E-state index contributed by atoms with van der Waals surface area (Å²) in [4.78, 5) is 12.3. The number of amides is 1. The maximum absolute atomic E-state index is 13.7. The van der Waals surface area contributed by atoms with Crippen molar-refractivity contribution in [1.82, 2.24) is 9.78 Å². The minimum absolute atomic E-state index is 0.213. The monoisotopic (exact) mass is 359 g/mol. The van der Waals surface area contributed by atoms with Crippen LogP contribution in [0.1, 0.15) is 15.9 Å². The van der Waals surface area contributed by atoms with Gasteiger partial charge in [0.15, 0.2) is 5.82 Å². The van der Waals surface area contributed by atoms with Gasteiger partial charge in [-0.15, -0.1) is 0 Å². The molecule has 0 saturated carbocycles. The highest BCUT2D eigenvalue weighted by molar-refractivity contribution is 6.33. The fourth-order valence-electron chi connectivity index (χ4n) is 2.29. The van der Waals surface area contributed by atoms with E-state index in [2.05, 4.69) is 10.4 Å². The van der Waals surface area contributed by atoms with Gasteiger partial charge in [0.2, 0.25) is 0 Å². The van der Waals surface area contributed by atoms with E-state index in [1.54, 1.807) is 49.6 Å². The molecular formula is C18H15ClFN3O2. The second-order valence-corrected chi connectivity index (χ2v) is 5.70. The van der Waals surface area contributed by atoms with Gasteiger partial charge in [0.1, 0.15) is 16.6 Å². The summed E-state index contributed by atoms with van der Waals surface area (Å²) in [5, 5.41) is 7.13. The lowest BCUT2D eigenvalue weighted by Gasteiger charge is -2.05. The summed E-state index contributed by atoms with van der Waals surface area (Å²) in [6.45, 7) is 0.213. The minimum atomic E-state index is -0.347. The molecule has 2 aromatic carbocycles. The van der Waals surface area contributed by atoms with E-state index in [0.29, 0.717) is 16.9 Å². The molecule has 7 heteroatoms. The zero-order valence-electron chi connectivity index (χ0n) is 13.4. The number of hydrogen-bond donors (Lipinski definition) is 1. The SMILES string of the molecule is COc1ccc(C(=O)Nc2nn(Cc3ccccc3F)cc2Cl)cc1. The van der Waals surface area contributed by atoms with Gasteiger partial charge in [-0.3, -0.25) is 9.48 Å².